The number of nitrogens with one attached hydrogen (secondary N) is 2. The SMILES string of the molecule is CCc1ccc(NC(=O)NC(C)(C)CC(=O)O)cc1. The van der Waals surface area contributed by atoms with Gasteiger partial charge < -0.3 is 15.7 Å². The number of amides is 2. The summed E-state index contributed by atoms with van der Waals surface area (Å²) >= 11 is 0. The number of hydrogen-bond acceptors (Lipinski definition) is 2. The molecule has 5 heteroatoms. The van der Waals surface area contributed by atoms with Gasteiger partial charge in [0, 0.05) is 11.2 Å². The molecule has 0 radical (unpaired) electrons. The molecule has 0 aliphatic carbocycles. The summed E-state index contributed by atoms with van der Waals surface area (Å²) in [5.41, 5.74) is 1.08. The Bertz CT molecular complexity index is 452. The van der Waals surface area contributed by atoms with Crippen molar-refractivity contribution in [2.75, 3.05) is 5.32 Å². The molecule has 0 bridgehead atoms. The second-order valence-corrected chi connectivity index (χ2v) is 5.08. The summed E-state index contributed by atoms with van der Waals surface area (Å²) in [6, 6.07) is 7.12. The van der Waals surface area contributed by atoms with E-state index >= 15 is 0 Å². The summed E-state index contributed by atoms with van der Waals surface area (Å²) in [5, 5.41) is 14.1. The van der Waals surface area contributed by atoms with Gasteiger partial charge in [-0.2, -0.15) is 0 Å². The van der Waals surface area contributed by atoms with Gasteiger partial charge in [0.1, 0.15) is 0 Å². The molecule has 0 saturated heterocycles. The number of rotatable bonds is 5. The average Bonchev–Trinajstić information content (AvgIpc) is 2.27. The Morgan fingerprint density at radius 2 is 1.79 bits per heavy atom. The van der Waals surface area contributed by atoms with E-state index in [4.69, 9.17) is 5.11 Å². The Morgan fingerprint density at radius 3 is 2.26 bits per heavy atom. The van der Waals surface area contributed by atoms with Crippen molar-refractivity contribution in [3.63, 3.8) is 0 Å². The van der Waals surface area contributed by atoms with Crippen LogP contribution in [0.2, 0.25) is 0 Å². The van der Waals surface area contributed by atoms with Crippen LogP contribution in [0.3, 0.4) is 0 Å². The maximum atomic E-state index is 11.7. The van der Waals surface area contributed by atoms with Crippen molar-refractivity contribution in [1.29, 1.82) is 0 Å². The number of hydrogen-bond donors (Lipinski definition) is 3. The van der Waals surface area contributed by atoms with Crippen molar-refractivity contribution in [2.24, 2.45) is 0 Å². The molecule has 19 heavy (non-hydrogen) atoms. The van der Waals surface area contributed by atoms with Crippen LogP contribution in [0.25, 0.3) is 0 Å². The molecule has 0 saturated carbocycles. The summed E-state index contributed by atoms with van der Waals surface area (Å²) in [6.45, 7) is 5.39. The molecule has 104 valence electrons. The van der Waals surface area contributed by atoms with E-state index < -0.39 is 17.5 Å². The lowest BCUT2D eigenvalue weighted by Gasteiger charge is -2.24. The Morgan fingerprint density at radius 1 is 1.21 bits per heavy atom. The van der Waals surface area contributed by atoms with Gasteiger partial charge in [0.25, 0.3) is 0 Å². The third-order valence-corrected chi connectivity index (χ3v) is 2.67. The number of carbonyl (C=O) groups excluding carboxylic acids is 1. The van der Waals surface area contributed by atoms with Gasteiger partial charge in [-0.25, -0.2) is 4.79 Å². The Kier molecular flexibility index (Phi) is 4.92. The number of carboxylic acid groups (broad SMARTS) is 1. The average molecular weight is 264 g/mol. The maximum absolute atomic E-state index is 11.7. The molecule has 2 amide bonds. The molecule has 1 aromatic carbocycles. The molecule has 0 spiro atoms. The van der Waals surface area contributed by atoms with Crippen molar-refractivity contribution in [3.8, 4) is 0 Å². The zero-order chi connectivity index (χ0) is 14.5. The van der Waals surface area contributed by atoms with Gasteiger partial charge in [-0.05, 0) is 38.0 Å². The lowest BCUT2D eigenvalue weighted by molar-refractivity contribution is -0.138. The van der Waals surface area contributed by atoms with E-state index in [1.54, 1.807) is 13.8 Å². The van der Waals surface area contributed by atoms with Crippen LogP contribution >= 0.6 is 0 Å². The molecule has 1 rings (SSSR count). The van der Waals surface area contributed by atoms with Crippen LogP contribution in [0.5, 0.6) is 0 Å². The summed E-state index contributed by atoms with van der Waals surface area (Å²) in [4.78, 5) is 22.4. The summed E-state index contributed by atoms with van der Waals surface area (Å²) < 4.78 is 0. The first kappa shape index (κ1) is 15.0. The summed E-state index contributed by atoms with van der Waals surface area (Å²) in [7, 11) is 0. The second-order valence-electron chi connectivity index (χ2n) is 5.08. The maximum Gasteiger partial charge on any atom is 0.319 e. The van der Waals surface area contributed by atoms with Crippen molar-refractivity contribution < 1.29 is 14.7 Å². The van der Waals surface area contributed by atoms with E-state index in [1.807, 2.05) is 24.3 Å². The molecule has 0 atom stereocenters. The molecule has 0 aliphatic rings. The van der Waals surface area contributed by atoms with Gasteiger partial charge in [-0.3, -0.25) is 4.79 Å². The van der Waals surface area contributed by atoms with Gasteiger partial charge in [0.05, 0.1) is 6.42 Å². The summed E-state index contributed by atoms with van der Waals surface area (Å²) in [6.07, 6.45) is 0.813. The van der Waals surface area contributed by atoms with E-state index in [0.29, 0.717) is 5.69 Å². The van der Waals surface area contributed by atoms with Gasteiger partial charge in [-0.1, -0.05) is 19.1 Å². The fourth-order valence-electron chi connectivity index (χ4n) is 1.72. The largest absolute Gasteiger partial charge is 0.481 e. The second kappa shape index (κ2) is 6.22. The van der Waals surface area contributed by atoms with Crippen molar-refractivity contribution in [3.05, 3.63) is 29.8 Å². The van der Waals surface area contributed by atoms with E-state index in [2.05, 4.69) is 17.6 Å². The highest BCUT2D eigenvalue weighted by Gasteiger charge is 2.23. The minimum absolute atomic E-state index is 0.130. The standard InChI is InChI=1S/C14H20N2O3/c1-4-10-5-7-11(8-6-10)15-13(19)16-14(2,3)9-12(17)18/h5-8H,4,9H2,1-3H3,(H,17,18)(H2,15,16,19). The third kappa shape index (κ3) is 5.42. The fourth-order valence-corrected chi connectivity index (χ4v) is 1.72. The predicted octanol–water partition coefficient (Wildman–Crippen LogP) is 2.62. The first-order valence-electron chi connectivity index (χ1n) is 6.22. The molecule has 3 N–H and O–H groups in total. The first-order chi connectivity index (χ1) is 8.82. The molecule has 0 aromatic heterocycles. The van der Waals surface area contributed by atoms with Crippen molar-refractivity contribution >= 4 is 17.7 Å². The molecule has 0 aliphatic heterocycles. The van der Waals surface area contributed by atoms with Crippen LogP contribution in [-0.4, -0.2) is 22.6 Å². The van der Waals surface area contributed by atoms with Crippen molar-refractivity contribution in [2.45, 2.75) is 39.2 Å². The number of urea groups is 1. The number of carboxylic acids is 1. The monoisotopic (exact) mass is 264 g/mol. The van der Waals surface area contributed by atoms with Gasteiger partial charge >= 0.3 is 12.0 Å². The van der Waals surface area contributed by atoms with E-state index in [9.17, 15) is 9.59 Å². The zero-order valence-corrected chi connectivity index (χ0v) is 11.5. The molecule has 1 aromatic rings. The zero-order valence-electron chi connectivity index (χ0n) is 11.5. The highest BCUT2D eigenvalue weighted by atomic mass is 16.4. The van der Waals surface area contributed by atoms with Crippen LogP contribution in [-0.2, 0) is 11.2 Å². The van der Waals surface area contributed by atoms with Crippen LogP contribution < -0.4 is 10.6 Å². The van der Waals surface area contributed by atoms with E-state index in [-0.39, 0.29) is 6.42 Å². The first-order valence-corrected chi connectivity index (χ1v) is 6.22. The number of carbonyl (C=O) groups is 2. The lowest BCUT2D eigenvalue weighted by atomic mass is 10.0. The molecule has 5 nitrogen and oxygen atoms in total. The Balaban J connectivity index is 2.56. The smallest absolute Gasteiger partial charge is 0.319 e. The van der Waals surface area contributed by atoms with Crippen molar-refractivity contribution in [1.82, 2.24) is 5.32 Å². The summed E-state index contributed by atoms with van der Waals surface area (Å²) in [5.74, 6) is -0.947. The highest BCUT2D eigenvalue weighted by Crippen LogP contribution is 2.12. The molecule has 0 heterocycles. The van der Waals surface area contributed by atoms with Crippen LogP contribution in [0.4, 0.5) is 10.5 Å². The topological polar surface area (TPSA) is 78.4 Å². The van der Waals surface area contributed by atoms with Crippen LogP contribution in [0, 0.1) is 0 Å². The van der Waals surface area contributed by atoms with Gasteiger partial charge in [0.2, 0.25) is 0 Å². The molecular formula is C14H20N2O3. The number of aliphatic carboxylic acids is 1. The minimum Gasteiger partial charge on any atom is -0.481 e. The number of benzene rings is 1. The minimum atomic E-state index is -0.947. The number of anilines is 1. The van der Waals surface area contributed by atoms with Crippen LogP contribution in [0.1, 0.15) is 32.8 Å². The Hall–Kier alpha value is -2.04. The fraction of sp³-hybridized carbons (Fsp3) is 0.429. The normalized spacial score (nSPS) is 10.9. The molecular weight excluding hydrogens is 244 g/mol. The van der Waals surface area contributed by atoms with E-state index in [0.717, 1.165) is 6.42 Å². The van der Waals surface area contributed by atoms with Gasteiger partial charge in [0.15, 0.2) is 0 Å². The Labute approximate surface area is 113 Å². The predicted molar refractivity (Wildman–Crippen MR) is 74.3 cm³/mol. The quantitative estimate of drug-likeness (QED) is 0.765. The van der Waals surface area contributed by atoms with E-state index in [1.165, 1.54) is 5.56 Å². The molecule has 0 fully saturated rings. The van der Waals surface area contributed by atoms with Crippen LogP contribution in [0.15, 0.2) is 24.3 Å². The highest BCUT2D eigenvalue weighted by molar-refractivity contribution is 5.90. The molecule has 0 unspecified atom stereocenters. The third-order valence-electron chi connectivity index (χ3n) is 2.67. The van der Waals surface area contributed by atoms with Gasteiger partial charge in [-0.15, -0.1) is 0 Å². The number of aryl methyl sites for hydroxylation is 1. The lowest BCUT2D eigenvalue weighted by Crippen LogP contribution is -2.46.